The second-order valence-corrected chi connectivity index (χ2v) is 14.5. The highest BCUT2D eigenvalue weighted by Crippen LogP contribution is 2.59. The van der Waals surface area contributed by atoms with Crippen molar-refractivity contribution in [3.05, 3.63) is 119 Å². The number of nitrogens with one attached hydrogen (secondary N) is 1. The highest BCUT2D eigenvalue weighted by Gasteiger charge is 2.60. The van der Waals surface area contributed by atoms with Crippen molar-refractivity contribution in [2.24, 2.45) is 5.92 Å². The van der Waals surface area contributed by atoms with Crippen LogP contribution < -0.4 is 9.62 Å². The Labute approximate surface area is 280 Å². The minimum atomic E-state index is -4.65. The lowest BCUT2D eigenvalue weighted by Gasteiger charge is -2.45. The third kappa shape index (κ3) is 5.91. The van der Waals surface area contributed by atoms with Crippen molar-refractivity contribution in [3.63, 3.8) is 0 Å². The van der Waals surface area contributed by atoms with Gasteiger partial charge in [0.25, 0.3) is 21.8 Å². The first-order valence-corrected chi connectivity index (χ1v) is 17.3. The number of halogens is 4. The molecule has 1 saturated carbocycles. The third-order valence-corrected chi connectivity index (χ3v) is 11.6. The van der Waals surface area contributed by atoms with Crippen LogP contribution in [-0.2, 0) is 28.2 Å². The van der Waals surface area contributed by atoms with Gasteiger partial charge in [-0.3, -0.25) is 23.9 Å². The maximum absolute atomic E-state index is 14.4. The summed E-state index contributed by atoms with van der Waals surface area (Å²) >= 11 is 0. The monoisotopic (exact) mass is 693 g/mol. The van der Waals surface area contributed by atoms with Gasteiger partial charge in [0.05, 0.1) is 40.0 Å². The Kier molecular flexibility index (Phi) is 8.16. The molecule has 2 fully saturated rings. The lowest BCUT2D eigenvalue weighted by Crippen LogP contribution is -2.54. The number of hydrogen-bond acceptors (Lipinski definition) is 6. The van der Waals surface area contributed by atoms with Crippen molar-refractivity contribution in [3.8, 4) is 0 Å². The maximum Gasteiger partial charge on any atom is 0.418 e. The zero-order valence-corrected chi connectivity index (χ0v) is 26.8. The Morgan fingerprint density at radius 3 is 2.31 bits per heavy atom. The molecule has 1 N–H and O–H groups in total. The van der Waals surface area contributed by atoms with Gasteiger partial charge in [-0.15, -0.1) is 0 Å². The van der Waals surface area contributed by atoms with Crippen LogP contribution in [0.4, 0.5) is 23.2 Å². The van der Waals surface area contributed by atoms with Gasteiger partial charge in [0.1, 0.15) is 5.82 Å². The predicted molar refractivity (Wildman–Crippen MR) is 170 cm³/mol. The smallest absolute Gasteiger partial charge is 0.346 e. The number of pyridine rings is 2. The molecule has 1 saturated heterocycles. The van der Waals surface area contributed by atoms with Crippen molar-refractivity contribution in [2.45, 2.75) is 54.8 Å². The summed E-state index contributed by atoms with van der Waals surface area (Å²) in [7, 11) is -4.21. The zero-order valence-electron chi connectivity index (χ0n) is 26.0. The van der Waals surface area contributed by atoms with Crippen LogP contribution in [0.2, 0.25) is 0 Å². The Bertz CT molecular complexity index is 2010. The number of benzene rings is 2. The van der Waals surface area contributed by atoms with Crippen molar-refractivity contribution in [1.29, 1.82) is 0 Å². The molecule has 2 aromatic heterocycles. The topological polar surface area (TPSA) is 113 Å². The van der Waals surface area contributed by atoms with Crippen LogP contribution in [0.15, 0.2) is 90.2 Å². The van der Waals surface area contributed by atoms with Gasteiger partial charge < -0.3 is 10.2 Å². The van der Waals surface area contributed by atoms with Crippen LogP contribution in [0.1, 0.15) is 63.2 Å². The van der Waals surface area contributed by atoms with E-state index in [9.17, 15) is 35.6 Å². The maximum atomic E-state index is 14.4. The summed E-state index contributed by atoms with van der Waals surface area (Å²) in [5.74, 6) is -1.42. The molecule has 49 heavy (non-hydrogen) atoms. The second-order valence-electron chi connectivity index (χ2n) is 12.6. The van der Waals surface area contributed by atoms with E-state index >= 15 is 0 Å². The lowest BCUT2D eigenvalue weighted by molar-refractivity contribution is -0.138. The first kappa shape index (κ1) is 32.7. The molecule has 1 unspecified atom stereocenters. The van der Waals surface area contributed by atoms with Crippen LogP contribution in [0.3, 0.4) is 0 Å². The van der Waals surface area contributed by atoms with Gasteiger partial charge in [0.15, 0.2) is 0 Å². The number of sulfonamides is 1. The van der Waals surface area contributed by atoms with E-state index in [0.29, 0.717) is 42.7 Å². The Hall–Kier alpha value is -4.85. The van der Waals surface area contributed by atoms with E-state index in [1.54, 1.807) is 35.4 Å². The molecule has 2 aliphatic heterocycles. The molecule has 9 nitrogen and oxygen atoms in total. The van der Waals surface area contributed by atoms with Gasteiger partial charge in [-0.1, -0.05) is 0 Å². The molecule has 3 aliphatic rings. The first-order chi connectivity index (χ1) is 23.4. The van der Waals surface area contributed by atoms with Crippen molar-refractivity contribution in [2.75, 3.05) is 17.4 Å². The number of carbonyl (C=O) groups is 2. The van der Waals surface area contributed by atoms with Gasteiger partial charge in [0.2, 0.25) is 0 Å². The largest absolute Gasteiger partial charge is 0.418 e. The lowest BCUT2D eigenvalue weighted by atomic mass is 9.68. The zero-order chi connectivity index (χ0) is 34.6. The number of carbonyl (C=O) groups excluding carboxylic acids is 2. The number of amides is 2. The summed E-state index contributed by atoms with van der Waals surface area (Å²) in [6.07, 6.45) is 2.00. The number of alkyl halides is 3. The molecular weight excluding hydrogens is 662 g/mol. The van der Waals surface area contributed by atoms with Gasteiger partial charge in [-0.2, -0.15) is 13.2 Å². The van der Waals surface area contributed by atoms with Crippen LogP contribution >= 0.6 is 0 Å². The summed E-state index contributed by atoms with van der Waals surface area (Å²) < 4.78 is 84.7. The van der Waals surface area contributed by atoms with Crippen molar-refractivity contribution >= 4 is 27.5 Å². The molecule has 0 radical (unpaired) electrons. The minimum absolute atomic E-state index is 0.00502. The van der Waals surface area contributed by atoms with Gasteiger partial charge in [0, 0.05) is 42.7 Å². The van der Waals surface area contributed by atoms with Crippen LogP contribution in [0.25, 0.3) is 0 Å². The van der Waals surface area contributed by atoms with Crippen LogP contribution in [-0.4, -0.2) is 54.2 Å². The molecule has 2 amide bonds. The first-order valence-electron chi connectivity index (χ1n) is 15.8. The molecule has 1 atom stereocenters. The fourth-order valence-corrected chi connectivity index (χ4v) is 9.10. The average molecular weight is 694 g/mol. The molecular formula is C35H31F4N5O4S. The van der Waals surface area contributed by atoms with Crippen LogP contribution in [0.5, 0.6) is 0 Å². The quantitative estimate of drug-likeness (QED) is 0.248. The minimum Gasteiger partial charge on any atom is -0.346 e. The van der Waals surface area contributed by atoms with Crippen molar-refractivity contribution < 1.29 is 35.6 Å². The van der Waals surface area contributed by atoms with Gasteiger partial charge in [-0.05, 0) is 104 Å². The predicted octanol–water partition coefficient (Wildman–Crippen LogP) is 5.73. The van der Waals surface area contributed by atoms with E-state index in [1.165, 1.54) is 41.0 Å². The normalized spacial score (nSPS) is 18.7. The SMILES string of the molecule is O=C(NCc1ncccc1C(F)(F)F)c1ccc2c(c1)C1(CCN(C(=O)c3cccnc3)CC1)C(C1CC1)N2S(=O)(=O)c1ccc(F)cc1. The van der Waals surface area contributed by atoms with Gasteiger partial charge in [-0.25, -0.2) is 12.8 Å². The average Bonchev–Trinajstić information content (AvgIpc) is 3.90. The number of likely N-dealkylation sites (tertiary alicyclic amines) is 1. The van der Waals surface area contributed by atoms with Crippen molar-refractivity contribution in [1.82, 2.24) is 20.2 Å². The van der Waals surface area contributed by atoms with E-state index in [0.717, 1.165) is 31.0 Å². The summed E-state index contributed by atoms with van der Waals surface area (Å²) in [5.41, 5.74) is -0.492. The third-order valence-electron chi connectivity index (χ3n) is 9.75. The Balaban J connectivity index is 1.26. The fraction of sp³-hybridized carbons (Fsp3) is 0.314. The summed E-state index contributed by atoms with van der Waals surface area (Å²) in [4.78, 5) is 36.3. The number of anilines is 1. The molecule has 0 bridgehead atoms. The fourth-order valence-electron chi connectivity index (χ4n) is 7.30. The highest BCUT2D eigenvalue weighted by atomic mass is 32.2. The molecule has 2 aromatic carbocycles. The summed E-state index contributed by atoms with van der Waals surface area (Å²) in [6, 6.07) is 14.2. The summed E-state index contributed by atoms with van der Waals surface area (Å²) in [5, 5.41) is 2.54. The molecule has 1 spiro atoms. The Morgan fingerprint density at radius 2 is 1.65 bits per heavy atom. The van der Waals surface area contributed by atoms with Crippen LogP contribution in [0, 0.1) is 11.7 Å². The second kappa shape index (κ2) is 12.2. The number of rotatable bonds is 7. The standard InChI is InChI=1S/C35H31F4N5O4S/c36-25-8-10-26(11-9-25)49(47,48)44-30-12-7-23(32(45)42-21-29-27(35(37,38)39)4-2-16-41-29)19-28(30)34(31(44)22-5-6-22)13-17-43(18-14-34)33(46)24-3-1-15-40-20-24/h1-4,7-12,15-16,19-20,22,31H,5-6,13-14,17-18,21H2,(H,42,45). The number of fused-ring (bicyclic) bond motifs is 2. The van der Waals surface area contributed by atoms with Gasteiger partial charge >= 0.3 is 6.18 Å². The molecule has 4 heterocycles. The summed E-state index contributed by atoms with van der Waals surface area (Å²) in [6.45, 7) is 0.159. The van der Waals surface area contributed by atoms with E-state index in [-0.39, 0.29) is 28.0 Å². The molecule has 1 aliphatic carbocycles. The van der Waals surface area contributed by atoms with E-state index in [2.05, 4.69) is 15.3 Å². The molecule has 7 rings (SSSR count). The molecule has 4 aromatic rings. The number of piperidine rings is 1. The molecule has 254 valence electrons. The number of nitrogens with zero attached hydrogens (tertiary/aromatic N) is 4. The molecule has 14 heteroatoms. The van der Waals surface area contributed by atoms with E-state index in [4.69, 9.17) is 0 Å². The van der Waals surface area contributed by atoms with E-state index in [1.807, 2.05) is 0 Å². The highest BCUT2D eigenvalue weighted by molar-refractivity contribution is 7.92. The number of aromatic nitrogens is 2. The number of hydrogen-bond donors (Lipinski definition) is 1. The Morgan fingerprint density at radius 1 is 0.939 bits per heavy atom. The van der Waals surface area contributed by atoms with E-state index < -0.39 is 51.5 Å².